The predicted molar refractivity (Wildman–Crippen MR) is 55.5 cm³/mol. The van der Waals surface area contributed by atoms with Crippen molar-refractivity contribution in [3.63, 3.8) is 0 Å². The van der Waals surface area contributed by atoms with Crippen LogP contribution in [0.25, 0.3) is 0 Å². The topological polar surface area (TPSA) is 38.1 Å². The third kappa shape index (κ3) is 5.41. The standard InChI is InChI=1S/C9H13F3N2OS/c1-6-4-15-8(14-6)16-7(2)3-13-5-9(10,11)12/h4,7,13H,3,5H2,1-2H3. The second kappa shape index (κ2) is 5.58. The number of halogens is 3. The Hall–Kier alpha value is -0.690. The van der Waals surface area contributed by atoms with Gasteiger partial charge in [0.25, 0.3) is 5.22 Å². The summed E-state index contributed by atoms with van der Waals surface area (Å²) in [6.45, 7) is 2.89. The highest BCUT2D eigenvalue weighted by atomic mass is 32.2. The first-order chi connectivity index (χ1) is 7.37. The highest BCUT2D eigenvalue weighted by molar-refractivity contribution is 7.99. The molecular weight excluding hydrogens is 241 g/mol. The summed E-state index contributed by atoms with van der Waals surface area (Å²) in [7, 11) is 0. The molecule has 1 heterocycles. The largest absolute Gasteiger partial charge is 0.440 e. The number of hydrogen-bond acceptors (Lipinski definition) is 4. The molecule has 1 N–H and O–H groups in total. The Balaban J connectivity index is 2.23. The van der Waals surface area contributed by atoms with E-state index in [0.717, 1.165) is 5.69 Å². The highest BCUT2D eigenvalue weighted by Gasteiger charge is 2.26. The third-order valence-electron chi connectivity index (χ3n) is 1.66. The molecule has 7 heteroatoms. The van der Waals surface area contributed by atoms with Crippen molar-refractivity contribution in [2.24, 2.45) is 0 Å². The summed E-state index contributed by atoms with van der Waals surface area (Å²) in [5.41, 5.74) is 0.762. The first kappa shape index (κ1) is 13.4. The molecule has 0 spiro atoms. The molecule has 0 saturated carbocycles. The number of rotatable bonds is 5. The van der Waals surface area contributed by atoms with Crippen molar-refractivity contribution in [2.45, 2.75) is 30.5 Å². The van der Waals surface area contributed by atoms with Crippen molar-refractivity contribution in [1.82, 2.24) is 10.3 Å². The minimum Gasteiger partial charge on any atom is -0.440 e. The van der Waals surface area contributed by atoms with Crippen LogP contribution in [0, 0.1) is 6.92 Å². The Bertz CT molecular complexity index is 327. The number of aromatic nitrogens is 1. The Kier molecular flexibility index (Phi) is 4.67. The van der Waals surface area contributed by atoms with E-state index in [2.05, 4.69) is 10.3 Å². The molecule has 1 rings (SSSR count). The molecule has 92 valence electrons. The number of aryl methyl sites for hydroxylation is 1. The van der Waals surface area contributed by atoms with Crippen molar-refractivity contribution in [1.29, 1.82) is 0 Å². The van der Waals surface area contributed by atoms with E-state index in [0.29, 0.717) is 5.22 Å². The van der Waals surface area contributed by atoms with E-state index in [1.807, 2.05) is 6.92 Å². The average Bonchev–Trinajstić information content (AvgIpc) is 2.48. The van der Waals surface area contributed by atoms with Gasteiger partial charge in [-0.3, -0.25) is 0 Å². The summed E-state index contributed by atoms with van der Waals surface area (Å²) in [6, 6.07) is 0. The minimum absolute atomic E-state index is 0.0274. The summed E-state index contributed by atoms with van der Waals surface area (Å²) >= 11 is 1.31. The van der Waals surface area contributed by atoms with Crippen LogP contribution in [-0.2, 0) is 0 Å². The lowest BCUT2D eigenvalue weighted by Gasteiger charge is -2.11. The summed E-state index contributed by atoms with van der Waals surface area (Å²) < 4.78 is 40.6. The second-order valence-electron chi connectivity index (χ2n) is 3.43. The molecule has 0 aromatic carbocycles. The van der Waals surface area contributed by atoms with Gasteiger partial charge in [-0.15, -0.1) is 0 Å². The number of hydrogen-bond donors (Lipinski definition) is 1. The van der Waals surface area contributed by atoms with E-state index in [9.17, 15) is 13.2 Å². The van der Waals surface area contributed by atoms with E-state index in [-0.39, 0.29) is 11.8 Å². The molecule has 0 bridgehead atoms. The fourth-order valence-corrected chi connectivity index (χ4v) is 1.86. The van der Waals surface area contributed by atoms with Gasteiger partial charge in [0.1, 0.15) is 6.26 Å². The van der Waals surface area contributed by atoms with Crippen molar-refractivity contribution in [3.05, 3.63) is 12.0 Å². The van der Waals surface area contributed by atoms with Crippen LogP contribution in [0.3, 0.4) is 0 Å². The number of nitrogens with zero attached hydrogens (tertiary/aromatic N) is 1. The molecule has 16 heavy (non-hydrogen) atoms. The fraction of sp³-hybridized carbons (Fsp3) is 0.667. The smallest absolute Gasteiger partial charge is 0.401 e. The van der Waals surface area contributed by atoms with Crippen LogP contribution in [0.1, 0.15) is 12.6 Å². The van der Waals surface area contributed by atoms with Gasteiger partial charge in [0.05, 0.1) is 12.2 Å². The van der Waals surface area contributed by atoms with Crippen molar-refractivity contribution in [2.75, 3.05) is 13.1 Å². The lowest BCUT2D eigenvalue weighted by Crippen LogP contribution is -2.32. The van der Waals surface area contributed by atoms with Crippen LogP contribution in [0.2, 0.25) is 0 Å². The Morgan fingerprint density at radius 2 is 2.25 bits per heavy atom. The zero-order valence-electron chi connectivity index (χ0n) is 8.97. The van der Waals surface area contributed by atoms with E-state index in [4.69, 9.17) is 4.42 Å². The van der Waals surface area contributed by atoms with Gasteiger partial charge in [-0.05, 0) is 6.92 Å². The molecule has 0 aliphatic carbocycles. The quantitative estimate of drug-likeness (QED) is 0.820. The van der Waals surface area contributed by atoms with Crippen LogP contribution in [0.15, 0.2) is 15.9 Å². The summed E-state index contributed by atoms with van der Waals surface area (Å²) in [5, 5.41) is 2.79. The second-order valence-corrected chi connectivity index (χ2v) is 4.82. The molecular formula is C9H13F3N2OS. The first-order valence-corrected chi connectivity index (χ1v) is 5.61. The van der Waals surface area contributed by atoms with Crippen LogP contribution in [0.4, 0.5) is 13.2 Å². The van der Waals surface area contributed by atoms with E-state index in [1.165, 1.54) is 18.0 Å². The molecule has 0 saturated heterocycles. The van der Waals surface area contributed by atoms with Crippen molar-refractivity contribution in [3.8, 4) is 0 Å². The van der Waals surface area contributed by atoms with Crippen LogP contribution in [-0.4, -0.2) is 29.5 Å². The zero-order chi connectivity index (χ0) is 12.2. The molecule has 0 amide bonds. The Morgan fingerprint density at radius 1 is 1.56 bits per heavy atom. The van der Waals surface area contributed by atoms with E-state index < -0.39 is 12.7 Å². The monoisotopic (exact) mass is 254 g/mol. The SMILES string of the molecule is Cc1coc(SC(C)CNCC(F)(F)F)n1. The summed E-state index contributed by atoms with van der Waals surface area (Å²) in [4.78, 5) is 4.05. The average molecular weight is 254 g/mol. The number of nitrogens with one attached hydrogen (secondary N) is 1. The van der Waals surface area contributed by atoms with E-state index in [1.54, 1.807) is 6.92 Å². The molecule has 0 aliphatic rings. The Morgan fingerprint density at radius 3 is 2.75 bits per heavy atom. The van der Waals surface area contributed by atoms with Crippen LogP contribution in [0.5, 0.6) is 0 Å². The van der Waals surface area contributed by atoms with Gasteiger partial charge in [0.2, 0.25) is 0 Å². The first-order valence-electron chi connectivity index (χ1n) is 4.73. The van der Waals surface area contributed by atoms with Crippen molar-refractivity contribution < 1.29 is 17.6 Å². The summed E-state index contributed by atoms with van der Waals surface area (Å²) in [6.07, 6.45) is -2.65. The molecule has 0 fully saturated rings. The lowest BCUT2D eigenvalue weighted by atomic mass is 10.4. The Labute approximate surface area is 95.8 Å². The molecule has 0 radical (unpaired) electrons. The van der Waals surface area contributed by atoms with Crippen LogP contribution >= 0.6 is 11.8 Å². The molecule has 1 aromatic heterocycles. The van der Waals surface area contributed by atoms with Gasteiger partial charge < -0.3 is 9.73 Å². The maximum Gasteiger partial charge on any atom is 0.401 e. The zero-order valence-corrected chi connectivity index (χ0v) is 9.78. The fourth-order valence-electron chi connectivity index (χ4n) is 1.02. The van der Waals surface area contributed by atoms with Gasteiger partial charge in [-0.1, -0.05) is 18.7 Å². The van der Waals surface area contributed by atoms with Gasteiger partial charge in [-0.2, -0.15) is 13.2 Å². The van der Waals surface area contributed by atoms with Crippen molar-refractivity contribution >= 4 is 11.8 Å². The highest BCUT2D eigenvalue weighted by Crippen LogP contribution is 2.21. The lowest BCUT2D eigenvalue weighted by molar-refractivity contribution is -0.124. The third-order valence-corrected chi connectivity index (χ3v) is 2.62. The maximum absolute atomic E-state index is 11.8. The predicted octanol–water partition coefficient (Wildman–Crippen LogP) is 2.62. The van der Waals surface area contributed by atoms with Gasteiger partial charge in [-0.25, -0.2) is 4.98 Å². The molecule has 1 aromatic rings. The molecule has 3 nitrogen and oxygen atoms in total. The van der Waals surface area contributed by atoms with Gasteiger partial charge in [0, 0.05) is 11.8 Å². The normalized spacial score (nSPS) is 14.1. The number of oxazole rings is 1. The number of alkyl halides is 3. The van der Waals surface area contributed by atoms with E-state index >= 15 is 0 Å². The van der Waals surface area contributed by atoms with Crippen LogP contribution < -0.4 is 5.32 Å². The number of thioether (sulfide) groups is 1. The van der Waals surface area contributed by atoms with Gasteiger partial charge in [0.15, 0.2) is 0 Å². The minimum atomic E-state index is -4.16. The molecule has 0 aliphatic heterocycles. The maximum atomic E-state index is 11.8. The summed E-state index contributed by atoms with van der Waals surface area (Å²) in [5.74, 6) is 0. The molecule has 1 atom stereocenters. The molecule has 1 unspecified atom stereocenters. The van der Waals surface area contributed by atoms with Gasteiger partial charge >= 0.3 is 6.18 Å².